The molecular weight excluding hydrogens is 372 g/mol. The van der Waals surface area contributed by atoms with E-state index < -0.39 is 11.6 Å². The number of para-hydroxylation sites is 1. The Labute approximate surface area is 168 Å². The van der Waals surface area contributed by atoms with Crippen LogP contribution in [0, 0.1) is 0 Å². The number of carbonyl (C=O) groups excluding carboxylic acids is 2. The number of rotatable bonds is 5. The van der Waals surface area contributed by atoms with E-state index in [2.05, 4.69) is 14.9 Å². The number of amides is 2. The molecule has 2 amide bonds. The number of nitrogens with zero attached hydrogens (tertiary/aromatic N) is 3. The van der Waals surface area contributed by atoms with Crippen LogP contribution >= 0.6 is 11.5 Å². The average Bonchev–Trinajstić information content (AvgIpc) is 3.20. The monoisotopic (exact) mass is 394 g/mol. The molecular formula is C21H22N4O2S. The normalized spacial score (nSPS) is 12.2. The van der Waals surface area contributed by atoms with Gasteiger partial charge in [0, 0.05) is 16.6 Å². The Morgan fingerprint density at radius 1 is 1.00 bits per heavy atom. The summed E-state index contributed by atoms with van der Waals surface area (Å²) in [6.45, 7) is 5.73. The highest BCUT2D eigenvalue weighted by Gasteiger charge is 2.35. The number of hydrogen-bond donors (Lipinski definition) is 1. The SMILES string of the molecule is CC(C)(C)NC(=O)[C@H](c1ccccc1)N(C(=O)c1csnn1)c1ccccc1. The van der Waals surface area contributed by atoms with Crippen LogP contribution in [0.2, 0.25) is 0 Å². The van der Waals surface area contributed by atoms with Gasteiger partial charge in [-0.2, -0.15) is 0 Å². The summed E-state index contributed by atoms with van der Waals surface area (Å²) in [5, 5.41) is 8.51. The molecule has 0 unspecified atom stereocenters. The molecule has 1 atom stereocenters. The van der Waals surface area contributed by atoms with E-state index in [0.29, 0.717) is 11.3 Å². The van der Waals surface area contributed by atoms with E-state index in [1.165, 1.54) is 4.90 Å². The molecule has 0 fully saturated rings. The molecule has 0 aliphatic rings. The standard InChI is InChI=1S/C21H22N4O2S/c1-21(2,3)22-19(26)18(15-10-6-4-7-11-15)25(16-12-8-5-9-13-16)20(27)17-14-28-24-23-17/h4-14,18H,1-3H3,(H,22,26)/t18-/m0/s1. The van der Waals surface area contributed by atoms with Gasteiger partial charge in [0.15, 0.2) is 5.69 Å². The summed E-state index contributed by atoms with van der Waals surface area (Å²) in [5.41, 5.74) is 1.08. The van der Waals surface area contributed by atoms with E-state index in [9.17, 15) is 9.59 Å². The van der Waals surface area contributed by atoms with Crippen LogP contribution in [-0.2, 0) is 4.79 Å². The lowest BCUT2D eigenvalue weighted by molar-refractivity contribution is -0.123. The largest absolute Gasteiger partial charge is 0.349 e. The molecule has 0 aliphatic heterocycles. The smallest absolute Gasteiger partial charge is 0.280 e. The number of anilines is 1. The predicted molar refractivity (Wildman–Crippen MR) is 110 cm³/mol. The molecule has 0 bridgehead atoms. The van der Waals surface area contributed by atoms with Gasteiger partial charge in [-0.1, -0.05) is 53.0 Å². The van der Waals surface area contributed by atoms with Crippen molar-refractivity contribution in [2.45, 2.75) is 32.4 Å². The van der Waals surface area contributed by atoms with Crippen LogP contribution in [0.5, 0.6) is 0 Å². The molecule has 0 radical (unpaired) electrons. The highest BCUT2D eigenvalue weighted by atomic mass is 32.1. The van der Waals surface area contributed by atoms with E-state index in [0.717, 1.165) is 11.5 Å². The fourth-order valence-electron chi connectivity index (χ4n) is 2.84. The number of aromatic nitrogens is 2. The molecule has 0 saturated heterocycles. The van der Waals surface area contributed by atoms with Gasteiger partial charge in [-0.3, -0.25) is 14.5 Å². The second-order valence-electron chi connectivity index (χ2n) is 7.35. The number of nitrogens with one attached hydrogen (secondary N) is 1. The van der Waals surface area contributed by atoms with Crippen LogP contribution in [0.25, 0.3) is 0 Å². The van der Waals surface area contributed by atoms with E-state index in [1.807, 2.05) is 69.3 Å². The quantitative estimate of drug-likeness (QED) is 0.713. The van der Waals surface area contributed by atoms with E-state index in [1.54, 1.807) is 17.5 Å². The lowest BCUT2D eigenvalue weighted by Gasteiger charge is -2.33. The Morgan fingerprint density at radius 2 is 1.61 bits per heavy atom. The van der Waals surface area contributed by atoms with Gasteiger partial charge < -0.3 is 5.32 Å². The van der Waals surface area contributed by atoms with Crippen LogP contribution < -0.4 is 10.2 Å². The predicted octanol–water partition coefficient (Wildman–Crippen LogP) is 3.84. The van der Waals surface area contributed by atoms with Crippen molar-refractivity contribution < 1.29 is 9.59 Å². The molecule has 3 aromatic rings. The van der Waals surface area contributed by atoms with Crippen LogP contribution in [0.15, 0.2) is 66.0 Å². The minimum absolute atomic E-state index is 0.207. The van der Waals surface area contributed by atoms with E-state index >= 15 is 0 Å². The lowest BCUT2D eigenvalue weighted by Crippen LogP contribution is -2.49. The molecule has 144 valence electrons. The zero-order valence-corrected chi connectivity index (χ0v) is 16.8. The molecule has 1 aromatic heterocycles. The molecule has 1 heterocycles. The van der Waals surface area contributed by atoms with Crippen molar-refractivity contribution in [3.63, 3.8) is 0 Å². The fraction of sp³-hybridized carbons (Fsp3) is 0.238. The first-order valence-electron chi connectivity index (χ1n) is 8.89. The van der Waals surface area contributed by atoms with Crippen molar-refractivity contribution in [3.05, 3.63) is 77.3 Å². The summed E-state index contributed by atoms with van der Waals surface area (Å²) < 4.78 is 3.80. The highest BCUT2D eigenvalue weighted by Crippen LogP contribution is 2.30. The number of carbonyl (C=O) groups is 2. The van der Waals surface area contributed by atoms with Gasteiger partial charge in [0.25, 0.3) is 5.91 Å². The third-order valence-corrected chi connectivity index (χ3v) is 4.46. The summed E-state index contributed by atoms with van der Waals surface area (Å²) in [6, 6.07) is 17.6. The van der Waals surface area contributed by atoms with Crippen molar-refractivity contribution in [1.82, 2.24) is 14.9 Å². The lowest BCUT2D eigenvalue weighted by atomic mass is 10.0. The van der Waals surface area contributed by atoms with Crippen LogP contribution in [-0.4, -0.2) is 26.9 Å². The molecule has 1 N–H and O–H groups in total. The Kier molecular flexibility index (Phi) is 5.84. The van der Waals surface area contributed by atoms with Gasteiger partial charge >= 0.3 is 0 Å². The fourth-order valence-corrected chi connectivity index (χ4v) is 3.27. The molecule has 2 aromatic carbocycles. The first kappa shape index (κ1) is 19.7. The van der Waals surface area contributed by atoms with Crippen molar-refractivity contribution in [2.75, 3.05) is 4.90 Å². The highest BCUT2D eigenvalue weighted by molar-refractivity contribution is 7.03. The minimum Gasteiger partial charge on any atom is -0.349 e. The number of hydrogen-bond acceptors (Lipinski definition) is 5. The van der Waals surface area contributed by atoms with Gasteiger partial charge in [-0.15, -0.1) is 5.10 Å². The van der Waals surface area contributed by atoms with Crippen molar-refractivity contribution >= 4 is 29.0 Å². The first-order chi connectivity index (χ1) is 13.4. The zero-order valence-electron chi connectivity index (χ0n) is 16.0. The van der Waals surface area contributed by atoms with Crippen molar-refractivity contribution in [1.29, 1.82) is 0 Å². The van der Waals surface area contributed by atoms with Crippen molar-refractivity contribution in [2.24, 2.45) is 0 Å². The zero-order chi connectivity index (χ0) is 20.1. The molecule has 6 nitrogen and oxygen atoms in total. The van der Waals surface area contributed by atoms with Gasteiger partial charge in [-0.05, 0) is 50.0 Å². The summed E-state index contributed by atoms with van der Waals surface area (Å²) in [6.07, 6.45) is 0. The summed E-state index contributed by atoms with van der Waals surface area (Å²) >= 11 is 1.10. The number of benzene rings is 2. The van der Waals surface area contributed by atoms with Gasteiger partial charge in [0.2, 0.25) is 5.91 Å². The maximum atomic E-state index is 13.3. The van der Waals surface area contributed by atoms with E-state index in [-0.39, 0.29) is 17.5 Å². The summed E-state index contributed by atoms with van der Waals surface area (Å²) in [5.74, 6) is -0.642. The second-order valence-corrected chi connectivity index (χ2v) is 7.96. The maximum Gasteiger partial charge on any atom is 0.280 e. The maximum absolute atomic E-state index is 13.3. The summed E-state index contributed by atoms with van der Waals surface area (Å²) in [4.78, 5) is 28.1. The third kappa shape index (κ3) is 4.61. The average molecular weight is 395 g/mol. The summed E-state index contributed by atoms with van der Waals surface area (Å²) in [7, 11) is 0. The molecule has 7 heteroatoms. The second kappa shape index (κ2) is 8.31. The topological polar surface area (TPSA) is 75.2 Å². The van der Waals surface area contributed by atoms with Crippen LogP contribution in [0.4, 0.5) is 5.69 Å². The molecule has 0 aliphatic carbocycles. The molecule has 3 rings (SSSR count). The molecule has 28 heavy (non-hydrogen) atoms. The van der Waals surface area contributed by atoms with Crippen LogP contribution in [0.3, 0.4) is 0 Å². The Hall–Kier alpha value is -3.06. The van der Waals surface area contributed by atoms with Crippen LogP contribution in [0.1, 0.15) is 42.9 Å². The Bertz CT molecular complexity index is 922. The molecule has 0 spiro atoms. The third-order valence-electron chi connectivity index (χ3n) is 3.95. The first-order valence-corrected chi connectivity index (χ1v) is 9.73. The minimum atomic E-state index is -0.850. The van der Waals surface area contributed by atoms with Gasteiger partial charge in [-0.25, -0.2) is 0 Å². The van der Waals surface area contributed by atoms with Crippen molar-refractivity contribution in [3.8, 4) is 0 Å². The van der Waals surface area contributed by atoms with Gasteiger partial charge in [0.05, 0.1) is 0 Å². The molecule has 0 saturated carbocycles. The Balaban J connectivity index is 2.13. The van der Waals surface area contributed by atoms with Gasteiger partial charge in [0.1, 0.15) is 6.04 Å². The Morgan fingerprint density at radius 3 is 2.14 bits per heavy atom. The van der Waals surface area contributed by atoms with E-state index in [4.69, 9.17) is 0 Å².